The van der Waals surface area contributed by atoms with Crippen LogP contribution in [0.4, 0.5) is 0 Å². The maximum absolute atomic E-state index is 12.4. The molecule has 1 aromatic rings. The monoisotopic (exact) mass is 333 g/mol. The molecule has 0 fully saturated rings. The van der Waals surface area contributed by atoms with Crippen molar-refractivity contribution in [1.29, 1.82) is 5.41 Å². The van der Waals surface area contributed by atoms with Gasteiger partial charge in [0.2, 0.25) is 11.8 Å². The Morgan fingerprint density at radius 2 is 1.88 bits per heavy atom. The van der Waals surface area contributed by atoms with E-state index in [4.69, 9.17) is 11.1 Å². The highest BCUT2D eigenvalue weighted by atomic mass is 16.2. The van der Waals surface area contributed by atoms with Crippen LogP contribution in [0.5, 0.6) is 0 Å². The van der Waals surface area contributed by atoms with Crippen LogP contribution in [0, 0.1) is 5.41 Å². The summed E-state index contributed by atoms with van der Waals surface area (Å²) >= 11 is 0. The average molecular weight is 333 g/mol. The first-order valence-electron chi connectivity index (χ1n) is 8.07. The first-order valence-corrected chi connectivity index (χ1v) is 8.07. The molecule has 0 spiro atoms. The third-order valence-corrected chi connectivity index (χ3v) is 3.45. The smallest absolute Gasteiger partial charge is 0.242 e. The van der Waals surface area contributed by atoms with E-state index in [2.05, 4.69) is 16.0 Å². The number of carbonyl (C=O) groups is 2. The molecule has 0 radical (unpaired) electrons. The molecule has 1 aromatic carbocycles. The summed E-state index contributed by atoms with van der Waals surface area (Å²) in [5.74, 6) is -0.547. The van der Waals surface area contributed by atoms with E-state index in [1.54, 1.807) is 0 Å². The van der Waals surface area contributed by atoms with Gasteiger partial charge in [0.25, 0.3) is 0 Å². The van der Waals surface area contributed by atoms with E-state index in [1.165, 1.54) is 6.92 Å². The van der Waals surface area contributed by atoms with Gasteiger partial charge in [0, 0.05) is 19.5 Å². The van der Waals surface area contributed by atoms with Crippen molar-refractivity contribution in [2.24, 2.45) is 5.73 Å². The largest absolute Gasteiger partial charge is 0.370 e. The van der Waals surface area contributed by atoms with Crippen molar-refractivity contribution in [1.82, 2.24) is 16.0 Å². The number of hydrogen-bond acceptors (Lipinski definition) is 3. The molecule has 0 heterocycles. The van der Waals surface area contributed by atoms with Gasteiger partial charge in [-0.25, -0.2) is 0 Å². The van der Waals surface area contributed by atoms with Crippen molar-refractivity contribution in [3.8, 4) is 0 Å². The fourth-order valence-electron chi connectivity index (χ4n) is 2.41. The van der Waals surface area contributed by atoms with E-state index < -0.39 is 6.04 Å². The van der Waals surface area contributed by atoms with Gasteiger partial charge in [-0.05, 0) is 31.7 Å². The molecule has 0 unspecified atom stereocenters. The first kappa shape index (κ1) is 19.5. The molecule has 24 heavy (non-hydrogen) atoms. The maximum atomic E-state index is 12.4. The first-order chi connectivity index (χ1) is 11.4. The lowest BCUT2D eigenvalue weighted by Gasteiger charge is -2.21. The fraction of sp³-hybridized carbons (Fsp3) is 0.471. The van der Waals surface area contributed by atoms with Gasteiger partial charge >= 0.3 is 0 Å². The third-order valence-electron chi connectivity index (χ3n) is 3.45. The van der Waals surface area contributed by atoms with Crippen molar-refractivity contribution in [3.63, 3.8) is 0 Å². The van der Waals surface area contributed by atoms with Gasteiger partial charge in [-0.2, -0.15) is 0 Å². The molecule has 132 valence electrons. The van der Waals surface area contributed by atoms with E-state index in [1.807, 2.05) is 37.3 Å². The molecule has 0 aliphatic rings. The molecule has 0 saturated carbocycles. The Bertz CT molecular complexity index is 547. The molecule has 7 heteroatoms. The number of carbonyl (C=O) groups excluding carboxylic acids is 2. The zero-order chi connectivity index (χ0) is 17.9. The lowest BCUT2D eigenvalue weighted by molar-refractivity contribution is -0.128. The van der Waals surface area contributed by atoms with Crippen LogP contribution in [-0.4, -0.2) is 36.4 Å². The van der Waals surface area contributed by atoms with E-state index in [0.29, 0.717) is 19.4 Å². The van der Waals surface area contributed by atoms with Crippen LogP contribution in [0.15, 0.2) is 30.3 Å². The lowest BCUT2D eigenvalue weighted by Crippen LogP contribution is -2.49. The third kappa shape index (κ3) is 8.17. The number of guanidine groups is 1. The predicted octanol–water partition coefficient (Wildman–Crippen LogP) is 0.502. The molecule has 0 aliphatic carbocycles. The molecular weight excluding hydrogens is 306 g/mol. The fourth-order valence-corrected chi connectivity index (χ4v) is 2.41. The number of amides is 2. The summed E-state index contributed by atoms with van der Waals surface area (Å²) in [5.41, 5.74) is 6.36. The van der Waals surface area contributed by atoms with Crippen LogP contribution in [0.3, 0.4) is 0 Å². The zero-order valence-corrected chi connectivity index (χ0v) is 14.3. The molecule has 7 nitrogen and oxygen atoms in total. The van der Waals surface area contributed by atoms with Crippen LogP contribution in [-0.2, 0) is 16.0 Å². The van der Waals surface area contributed by atoms with Crippen molar-refractivity contribution in [2.75, 3.05) is 6.54 Å². The van der Waals surface area contributed by atoms with Crippen molar-refractivity contribution in [2.45, 2.75) is 45.2 Å². The topological polar surface area (TPSA) is 120 Å². The summed E-state index contributed by atoms with van der Waals surface area (Å²) in [6, 6.07) is 9.29. The predicted molar refractivity (Wildman–Crippen MR) is 94.5 cm³/mol. The minimum Gasteiger partial charge on any atom is -0.370 e. The maximum Gasteiger partial charge on any atom is 0.242 e. The van der Waals surface area contributed by atoms with E-state index in [9.17, 15) is 9.59 Å². The summed E-state index contributed by atoms with van der Waals surface area (Å²) in [4.78, 5) is 23.7. The average Bonchev–Trinajstić information content (AvgIpc) is 2.50. The van der Waals surface area contributed by atoms with Gasteiger partial charge in [0.05, 0.1) is 0 Å². The highest BCUT2D eigenvalue weighted by Gasteiger charge is 2.20. The molecule has 6 N–H and O–H groups in total. The van der Waals surface area contributed by atoms with Gasteiger partial charge in [-0.15, -0.1) is 0 Å². The molecule has 0 bridgehead atoms. The normalized spacial score (nSPS) is 12.8. The summed E-state index contributed by atoms with van der Waals surface area (Å²) < 4.78 is 0. The summed E-state index contributed by atoms with van der Waals surface area (Å²) in [7, 11) is 0. The van der Waals surface area contributed by atoms with Crippen LogP contribution in [0.25, 0.3) is 0 Å². The molecule has 0 saturated heterocycles. The van der Waals surface area contributed by atoms with Gasteiger partial charge in [0.1, 0.15) is 6.04 Å². The Labute approximate surface area is 142 Å². The highest BCUT2D eigenvalue weighted by molar-refractivity contribution is 5.86. The summed E-state index contributed by atoms with van der Waals surface area (Å²) in [5, 5.41) is 15.4. The number of benzene rings is 1. The Morgan fingerprint density at radius 1 is 1.21 bits per heavy atom. The van der Waals surface area contributed by atoms with Crippen LogP contribution < -0.4 is 21.7 Å². The van der Waals surface area contributed by atoms with E-state index in [-0.39, 0.29) is 23.8 Å². The molecular formula is C17H27N5O2. The number of nitrogens with two attached hydrogens (primary N) is 1. The van der Waals surface area contributed by atoms with Crippen molar-refractivity contribution < 1.29 is 9.59 Å². The van der Waals surface area contributed by atoms with Crippen LogP contribution in [0.1, 0.15) is 32.3 Å². The van der Waals surface area contributed by atoms with Gasteiger partial charge in [0.15, 0.2) is 5.96 Å². The molecule has 1 rings (SSSR count). The molecule has 0 aliphatic heterocycles. The minimum atomic E-state index is -0.588. The zero-order valence-electron chi connectivity index (χ0n) is 14.3. The second kappa shape index (κ2) is 10.3. The number of rotatable bonds is 9. The molecule has 0 aromatic heterocycles. The minimum absolute atomic E-state index is 0.0356. The second-order valence-corrected chi connectivity index (χ2v) is 5.84. The highest BCUT2D eigenvalue weighted by Crippen LogP contribution is 2.04. The Morgan fingerprint density at radius 3 is 2.46 bits per heavy atom. The van der Waals surface area contributed by atoms with Crippen molar-refractivity contribution >= 4 is 17.8 Å². The number of nitrogens with one attached hydrogen (secondary N) is 4. The van der Waals surface area contributed by atoms with Crippen LogP contribution >= 0.6 is 0 Å². The standard InChI is InChI=1S/C17H27N5O2/c1-12(11-14-7-4-3-5-8-14)21-16(24)15(22-13(2)23)9-6-10-20-17(18)19/h3-5,7-8,12,15H,6,9-11H2,1-2H3,(H,21,24)(H,22,23)(H4,18,19,20)/t12-,15-/m0/s1. The molecule has 2 amide bonds. The quantitative estimate of drug-likeness (QED) is 0.257. The van der Waals surface area contributed by atoms with Crippen LogP contribution in [0.2, 0.25) is 0 Å². The van der Waals surface area contributed by atoms with Crippen molar-refractivity contribution in [3.05, 3.63) is 35.9 Å². The SMILES string of the molecule is CC(=O)N[C@@H](CCCNC(=N)N)C(=O)N[C@@H](C)Cc1ccccc1. The van der Waals surface area contributed by atoms with E-state index >= 15 is 0 Å². The second-order valence-electron chi connectivity index (χ2n) is 5.84. The van der Waals surface area contributed by atoms with Gasteiger partial charge in [-0.1, -0.05) is 30.3 Å². The number of hydrogen-bond donors (Lipinski definition) is 5. The van der Waals surface area contributed by atoms with Gasteiger partial charge < -0.3 is 21.7 Å². The Hall–Kier alpha value is -2.57. The Kier molecular flexibility index (Phi) is 8.32. The molecule has 2 atom stereocenters. The van der Waals surface area contributed by atoms with E-state index in [0.717, 1.165) is 12.0 Å². The lowest BCUT2D eigenvalue weighted by atomic mass is 10.1. The van der Waals surface area contributed by atoms with Gasteiger partial charge in [-0.3, -0.25) is 15.0 Å². The summed E-state index contributed by atoms with van der Waals surface area (Å²) in [6.45, 7) is 3.81. The summed E-state index contributed by atoms with van der Waals surface area (Å²) in [6.07, 6.45) is 1.82. The Balaban J connectivity index is 2.50.